The molecule has 0 unspecified atom stereocenters. The lowest BCUT2D eigenvalue weighted by atomic mass is 9.94. The second kappa shape index (κ2) is 11.7. The number of hydrogen-bond donors (Lipinski definition) is 0. The Morgan fingerprint density at radius 3 is 1.35 bits per heavy atom. The highest BCUT2D eigenvalue weighted by Gasteiger charge is 2.33. The molecule has 2 aliphatic rings. The van der Waals surface area contributed by atoms with Crippen LogP contribution in [0.5, 0.6) is 0 Å². The molecular formula is C32H38O3Si2. The summed E-state index contributed by atoms with van der Waals surface area (Å²) in [6.07, 6.45) is 17.3. The minimum absolute atomic E-state index is 0.149. The molecule has 0 spiro atoms. The van der Waals surface area contributed by atoms with E-state index in [-0.39, 0.29) is 23.4 Å². The summed E-state index contributed by atoms with van der Waals surface area (Å²) in [5.74, 6) is 0.0499. The molecule has 4 rings (SSSR count). The molecule has 0 bridgehead atoms. The number of hydrogen-bond acceptors (Lipinski definition) is 3. The van der Waals surface area contributed by atoms with Crippen molar-refractivity contribution >= 4 is 28.2 Å². The second-order valence-corrected chi connectivity index (χ2v) is 20.1. The molecule has 0 aromatic heterocycles. The molecule has 37 heavy (non-hydrogen) atoms. The maximum absolute atomic E-state index is 13.1. The summed E-state index contributed by atoms with van der Waals surface area (Å²) in [6, 6.07) is 18.0. The second-order valence-electron chi connectivity index (χ2n) is 11.3. The van der Waals surface area contributed by atoms with Gasteiger partial charge < -0.3 is 4.12 Å². The van der Waals surface area contributed by atoms with Crippen molar-refractivity contribution in [3.63, 3.8) is 0 Å². The van der Waals surface area contributed by atoms with Gasteiger partial charge in [0.1, 0.15) is 0 Å². The van der Waals surface area contributed by atoms with Gasteiger partial charge in [0.2, 0.25) is 0 Å². The first-order valence-electron chi connectivity index (χ1n) is 13.3. The zero-order chi connectivity index (χ0) is 26.5. The Hall–Kier alpha value is -2.87. The van der Waals surface area contributed by atoms with Gasteiger partial charge in [0.15, 0.2) is 28.2 Å². The van der Waals surface area contributed by atoms with E-state index in [2.05, 4.69) is 38.3 Å². The fourth-order valence-corrected chi connectivity index (χ4v) is 13.8. The summed E-state index contributed by atoms with van der Waals surface area (Å²) < 4.78 is 6.93. The smallest absolute Gasteiger partial charge is 0.173 e. The summed E-state index contributed by atoms with van der Waals surface area (Å²) in [4.78, 5) is 26.1. The summed E-state index contributed by atoms with van der Waals surface area (Å²) in [5, 5.41) is 0. The van der Waals surface area contributed by atoms with E-state index in [4.69, 9.17) is 4.12 Å². The van der Waals surface area contributed by atoms with Crippen molar-refractivity contribution in [3.05, 3.63) is 119 Å². The van der Waals surface area contributed by atoms with Crippen LogP contribution in [0.25, 0.3) is 0 Å². The first-order valence-corrected chi connectivity index (χ1v) is 19.5. The van der Waals surface area contributed by atoms with Crippen molar-refractivity contribution in [2.45, 2.75) is 51.1 Å². The fourth-order valence-electron chi connectivity index (χ4n) is 5.25. The van der Waals surface area contributed by atoms with Crippen molar-refractivity contribution in [2.24, 2.45) is 11.8 Å². The SMILES string of the molecule is C[Si](C)(CCc1ccccc1C(=O)C1C=CC=C1)O[Si](C)(C)CCc1ccccc1C(=O)C1C=CC=C1. The number of carbonyl (C=O) groups is 2. The van der Waals surface area contributed by atoms with Gasteiger partial charge >= 0.3 is 0 Å². The third kappa shape index (κ3) is 7.13. The first kappa shape index (κ1) is 27.2. The Bertz CT molecular complexity index is 1140. The molecule has 192 valence electrons. The van der Waals surface area contributed by atoms with E-state index >= 15 is 0 Å². The van der Waals surface area contributed by atoms with E-state index in [1.54, 1.807) is 0 Å². The first-order chi connectivity index (χ1) is 17.7. The minimum atomic E-state index is -1.97. The molecule has 0 N–H and O–H groups in total. The highest BCUT2D eigenvalue weighted by atomic mass is 28.4. The molecule has 0 amide bonds. The Morgan fingerprint density at radius 1 is 0.622 bits per heavy atom. The van der Waals surface area contributed by atoms with Crippen LogP contribution in [0.3, 0.4) is 0 Å². The molecule has 2 aromatic rings. The molecule has 0 heterocycles. The predicted octanol–water partition coefficient (Wildman–Crippen LogP) is 7.75. The number of allylic oxidation sites excluding steroid dienone is 8. The molecule has 0 atom stereocenters. The van der Waals surface area contributed by atoms with Crippen molar-refractivity contribution in [2.75, 3.05) is 0 Å². The molecule has 2 aliphatic carbocycles. The van der Waals surface area contributed by atoms with Crippen LogP contribution in [0, 0.1) is 11.8 Å². The van der Waals surface area contributed by atoms with Crippen molar-refractivity contribution in [1.82, 2.24) is 0 Å². The van der Waals surface area contributed by atoms with Gasteiger partial charge in [0.05, 0.1) is 11.8 Å². The molecule has 5 heteroatoms. The van der Waals surface area contributed by atoms with E-state index in [9.17, 15) is 9.59 Å². The zero-order valence-corrected chi connectivity index (χ0v) is 24.4. The van der Waals surface area contributed by atoms with Crippen LogP contribution in [0.4, 0.5) is 0 Å². The quantitative estimate of drug-likeness (QED) is 0.210. The van der Waals surface area contributed by atoms with E-state index in [1.165, 1.54) is 0 Å². The molecule has 0 radical (unpaired) electrons. The van der Waals surface area contributed by atoms with E-state index in [0.29, 0.717) is 0 Å². The largest absolute Gasteiger partial charge is 0.455 e. The standard InChI is InChI=1S/C32H38O3Si2/c1-36(2,23-21-25-13-9-11-19-29(25)31(33)27-15-5-6-16-27)35-37(3,4)24-22-26-14-10-12-20-30(26)32(34)28-17-7-8-18-28/h5-20,27-28H,21-24H2,1-4H3. The lowest BCUT2D eigenvalue weighted by Gasteiger charge is -2.34. The van der Waals surface area contributed by atoms with Gasteiger partial charge in [0, 0.05) is 11.1 Å². The van der Waals surface area contributed by atoms with E-state index in [1.807, 2.05) is 85.0 Å². The Kier molecular flexibility index (Phi) is 8.58. The van der Waals surface area contributed by atoms with Crippen molar-refractivity contribution in [3.8, 4) is 0 Å². The van der Waals surface area contributed by atoms with Crippen molar-refractivity contribution < 1.29 is 13.7 Å². The van der Waals surface area contributed by atoms with Crippen molar-refractivity contribution in [1.29, 1.82) is 0 Å². The maximum Gasteiger partial charge on any atom is 0.173 e. The highest BCUT2D eigenvalue weighted by molar-refractivity contribution is 6.84. The summed E-state index contributed by atoms with van der Waals surface area (Å²) in [5.41, 5.74) is 3.90. The van der Waals surface area contributed by atoms with Crippen LogP contribution >= 0.6 is 0 Å². The van der Waals surface area contributed by atoms with Gasteiger partial charge in [-0.2, -0.15) is 0 Å². The number of ketones is 2. The zero-order valence-electron chi connectivity index (χ0n) is 22.4. The highest BCUT2D eigenvalue weighted by Crippen LogP contribution is 2.28. The van der Waals surface area contributed by atoms with E-state index in [0.717, 1.165) is 47.2 Å². The molecule has 0 fully saturated rings. The number of Topliss-reactive ketones (excluding diaryl/α,β-unsaturated/α-hetero) is 2. The molecule has 3 nitrogen and oxygen atoms in total. The average Bonchev–Trinajstić information content (AvgIpc) is 3.60. The lowest BCUT2D eigenvalue weighted by molar-refractivity contribution is 0.0957. The van der Waals surface area contributed by atoms with Crippen LogP contribution in [0.15, 0.2) is 97.1 Å². The molecule has 0 saturated carbocycles. The number of aryl methyl sites for hydroxylation is 2. The minimum Gasteiger partial charge on any atom is -0.455 e. The topological polar surface area (TPSA) is 43.4 Å². The summed E-state index contributed by atoms with van der Waals surface area (Å²) in [7, 11) is -3.94. The van der Waals surface area contributed by atoms with E-state index < -0.39 is 16.6 Å². The van der Waals surface area contributed by atoms with Gasteiger partial charge in [-0.3, -0.25) is 9.59 Å². The third-order valence-corrected chi connectivity index (χ3v) is 14.5. The fraction of sp³-hybridized carbons (Fsp3) is 0.312. The van der Waals surface area contributed by atoms with Gasteiger partial charge in [-0.05, 0) is 62.2 Å². The van der Waals surface area contributed by atoms with Gasteiger partial charge in [-0.25, -0.2) is 0 Å². The monoisotopic (exact) mass is 526 g/mol. The van der Waals surface area contributed by atoms with Crippen LogP contribution < -0.4 is 0 Å². The average molecular weight is 527 g/mol. The maximum atomic E-state index is 13.1. The number of carbonyl (C=O) groups excluding carboxylic acids is 2. The lowest BCUT2D eigenvalue weighted by Crippen LogP contribution is -2.44. The molecule has 0 saturated heterocycles. The van der Waals surface area contributed by atoms with Gasteiger partial charge in [0.25, 0.3) is 0 Å². The number of rotatable bonds is 12. The van der Waals surface area contributed by atoms with Gasteiger partial charge in [-0.1, -0.05) is 97.1 Å². The summed E-state index contributed by atoms with van der Waals surface area (Å²) >= 11 is 0. The predicted molar refractivity (Wildman–Crippen MR) is 158 cm³/mol. The third-order valence-electron chi connectivity index (χ3n) is 7.21. The van der Waals surface area contributed by atoms with Crippen LogP contribution in [-0.2, 0) is 17.0 Å². The molecular weight excluding hydrogens is 489 g/mol. The molecule has 0 aliphatic heterocycles. The van der Waals surface area contributed by atoms with Crippen LogP contribution in [-0.4, -0.2) is 28.2 Å². The normalized spacial score (nSPS) is 15.7. The van der Waals surface area contributed by atoms with Crippen LogP contribution in [0.1, 0.15) is 31.8 Å². The Balaban J connectivity index is 1.37. The Labute approximate surface area is 223 Å². The summed E-state index contributed by atoms with van der Waals surface area (Å²) in [6.45, 7) is 9.19. The number of benzene rings is 2. The van der Waals surface area contributed by atoms with Gasteiger partial charge in [-0.15, -0.1) is 0 Å². The van der Waals surface area contributed by atoms with Crippen LogP contribution in [0.2, 0.25) is 38.3 Å². The molecule has 2 aromatic carbocycles. The Morgan fingerprint density at radius 2 is 0.973 bits per heavy atom.